The topological polar surface area (TPSA) is 51.5 Å². The van der Waals surface area contributed by atoms with Gasteiger partial charge in [-0.2, -0.15) is 0 Å². The van der Waals surface area contributed by atoms with E-state index in [0.717, 1.165) is 28.5 Å². The first-order valence-corrected chi connectivity index (χ1v) is 6.44. The van der Waals surface area contributed by atoms with Crippen molar-refractivity contribution in [3.63, 3.8) is 0 Å². The van der Waals surface area contributed by atoms with Crippen LogP contribution >= 0.6 is 0 Å². The molecule has 0 unspecified atom stereocenters. The first-order chi connectivity index (χ1) is 9.83. The van der Waals surface area contributed by atoms with Gasteiger partial charge in [-0.25, -0.2) is 9.97 Å². The molecule has 20 heavy (non-hydrogen) atoms. The fourth-order valence-corrected chi connectivity index (χ4v) is 2.23. The van der Waals surface area contributed by atoms with E-state index in [0.29, 0.717) is 6.54 Å². The molecule has 0 saturated carbocycles. The Hall–Kier alpha value is -2.40. The fourth-order valence-electron chi connectivity index (χ4n) is 2.23. The van der Waals surface area contributed by atoms with Gasteiger partial charge < -0.3 is 10.1 Å². The molecule has 2 heterocycles. The lowest BCUT2D eigenvalue weighted by Gasteiger charge is -2.02. The van der Waals surface area contributed by atoms with Gasteiger partial charge in [-0.3, -0.25) is 4.40 Å². The molecule has 0 saturated heterocycles. The molecule has 3 aromatic rings. The number of benzene rings is 1. The van der Waals surface area contributed by atoms with Crippen LogP contribution in [0.25, 0.3) is 16.9 Å². The van der Waals surface area contributed by atoms with Crippen LogP contribution in [0.1, 0.15) is 5.82 Å². The van der Waals surface area contributed by atoms with Crippen LogP contribution in [0.5, 0.6) is 5.75 Å². The Morgan fingerprint density at radius 3 is 3.00 bits per heavy atom. The van der Waals surface area contributed by atoms with Gasteiger partial charge in [0.05, 0.1) is 13.7 Å². The van der Waals surface area contributed by atoms with Gasteiger partial charge in [0.1, 0.15) is 17.3 Å². The molecule has 0 aliphatic rings. The molecular weight excluding hydrogens is 252 g/mol. The average Bonchev–Trinajstić information content (AvgIpc) is 2.87. The van der Waals surface area contributed by atoms with E-state index in [9.17, 15) is 0 Å². The molecule has 0 amide bonds. The van der Waals surface area contributed by atoms with Crippen molar-refractivity contribution in [2.75, 3.05) is 14.2 Å². The average molecular weight is 268 g/mol. The Morgan fingerprint density at radius 2 is 2.20 bits per heavy atom. The number of nitrogens with zero attached hydrogens (tertiary/aromatic N) is 3. The highest BCUT2D eigenvalue weighted by atomic mass is 16.5. The summed E-state index contributed by atoms with van der Waals surface area (Å²) in [5.41, 5.74) is 2.73. The zero-order valence-corrected chi connectivity index (χ0v) is 11.5. The number of nitrogens with one attached hydrogen (secondary N) is 1. The van der Waals surface area contributed by atoms with Crippen molar-refractivity contribution < 1.29 is 4.74 Å². The number of hydrogen-bond acceptors (Lipinski definition) is 4. The zero-order chi connectivity index (χ0) is 13.9. The van der Waals surface area contributed by atoms with Gasteiger partial charge in [0, 0.05) is 18.0 Å². The van der Waals surface area contributed by atoms with Gasteiger partial charge >= 0.3 is 0 Å². The van der Waals surface area contributed by atoms with E-state index in [1.165, 1.54) is 0 Å². The standard InChI is InChI=1S/C15H16N4O/c1-16-10-13-18-14(15-17-7-4-8-19(13)15)11-5-3-6-12(9-11)20-2/h3-9,16H,10H2,1-2H3. The molecule has 5 heteroatoms. The second kappa shape index (κ2) is 5.30. The summed E-state index contributed by atoms with van der Waals surface area (Å²) in [6.45, 7) is 0.691. The first kappa shape index (κ1) is 12.6. The van der Waals surface area contributed by atoms with Crippen molar-refractivity contribution in [3.8, 4) is 17.0 Å². The summed E-state index contributed by atoms with van der Waals surface area (Å²) in [5, 5.41) is 3.13. The number of fused-ring (bicyclic) bond motifs is 1. The van der Waals surface area contributed by atoms with Gasteiger partial charge in [0.2, 0.25) is 0 Å². The SMILES string of the molecule is CNCc1nc(-c2cccc(OC)c2)c2ncccn12. The summed E-state index contributed by atoms with van der Waals surface area (Å²) in [7, 11) is 3.57. The molecule has 5 nitrogen and oxygen atoms in total. The minimum atomic E-state index is 0.691. The molecule has 0 bridgehead atoms. The summed E-state index contributed by atoms with van der Waals surface area (Å²) >= 11 is 0. The number of imidazole rings is 1. The number of rotatable bonds is 4. The van der Waals surface area contributed by atoms with E-state index >= 15 is 0 Å². The van der Waals surface area contributed by atoms with Gasteiger partial charge in [0.25, 0.3) is 0 Å². The van der Waals surface area contributed by atoms with Gasteiger partial charge in [-0.15, -0.1) is 0 Å². The molecule has 0 atom stereocenters. The fraction of sp³-hybridized carbons (Fsp3) is 0.200. The third-order valence-electron chi connectivity index (χ3n) is 3.16. The largest absolute Gasteiger partial charge is 0.497 e. The van der Waals surface area contributed by atoms with Crippen molar-refractivity contribution in [2.45, 2.75) is 6.54 Å². The second-order valence-electron chi connectivity index (χ2n) is 4.45. The van der Waals surface area contributed by atoms with Crippen LogP contribution in [-0.2, 0) is 6.54 Å². The molecule has 1 N–H and O–H groups in total. The summed E-state index contributed by atoms with van der Waals surface area (Å²) in [6, 6.07) is 9.77. The molecule has 3 rings (SSSR count). The van der Waals surface area contributed by atoms with E-state index in [1.54, 1.807) is 13.3 Å². The number of hydrogen-bond donors (Lipinski definition) is 1. The van der Waals surface area contributed by atoms with E-state index < -0.39 is 0 Å². The van der Waals surface area contributed by atoms with E-state index in [-0.39, 0.29) is 0 Å². The number of ether oxygens (including phenoxy) is 1. The van der Waals surface area contributed by atoms with Crippen molar-refractivity contribution in [3.05, 3.63) is 48.5 Å². The van der Waals surface area contributed by atoms with Crippen LogP contribution in [0, 0.1) is 0 Å². The van der Waals surface area contributed by atoms with Crippen LogP contribution in [0.2, 0.25) is 0 Å². The predicted octanol–water partition coefficient (Wildman–Crippen LogP) is 2.12. The van der Waals surface area contributed by atoms with E-state index in [1.807, 2.05) is 48.0 Å². The molecule has 0 fully saturated rings. The predicted molar refractivity (Wildman–Crippen MR) is 77.7 cm³/mol. The maximum atomic E-state index is 5.28. The van der Waals surface area contributed by atoms with Crippen LogP contribution in [0.4, 0.5) is 0 Å². The number of methoxy groups -OCH3 is 1. The molecule has 2 aromatic heterocycles. The smallest absolute Gasteiger partial charge is 0.164 e. The van der Waals surface area contributed by atoms with Crippen molar-refractivity contribution in [2.24, 2.45) is 0 Å². The molecule has 1 aromatic carbocycles. The molecule has 0 radical (unpaired) electrons. The van der Waals surface area contributed by atoms with Crippen molar-refractivity contribution in [1.29, 1.82) is 0 Å². The van der Waals surface area contributed by atoms with Crippen LogP contribution < -0.4 is 10.1 Å². The third-order valence-corrected chi connectivity index (χ3v) is 3.16. The molecule has 0 aliphatic carbocycles. The summed E-state index contributed by atoms with van der Waals surface area (Å²) in [5.74, 6) is 1.75. The van der Waals surface area contributed by atoms with E-state index in [2.05, 4.69) is 10.3 Å². The van der Waals surface area contributed by atoms with Crippen LogP contribution in [0.15, 0.2) is 42.7 Å². The van der Waals surface area contributed by atoms with Gasteiger partial charge in [-0.1, -0.05) is 12.1 Å². The highest BCUT2D eigenvalue weighted by Gasteiger charge is 2.13. The Labute approximate surface area is 117 Å². The normalized spacial score (nSPS) is 10.9. The van der Waals surface area contributed by atoms with Crippen LogP contribution in [-0.4, -0.2) is 28.5 Å². The minimum absolute atomic E-state index is 0.691. The van der Waals surface area contributed by atoms with Gasteiger partial charge in [0.15, 0.2) is 5.65 Å². The van der Waals surface area contributed by atoms with E-state index in [4.69, 9.17) is 9.72 Å². The van der Waals surface area contributed by atoms with Crippen molar-refractivity contribution in [1.82, 2.24) is 19.7 Å². The molecular formula is C15H16N4O. The Balaban J connectivity index is 2.19. The second-order valence-corrected chi connectivity index (χ2v) is 4.45. The summed E-state index contributed by atoms with van der Waals surface area (Å²) in [6.07, 6.45) is 3.76. The number of aromatic nitrogens is 3. The van der Waals surface area contributed by atoms with Gasteiger partial charge in [-0.05, 0) is 25.2 Å². The Bertz CT molecular complexity index is 736. The summed E-state index contributed by atoms with van der Waals surface area (Å²) in [4.78, 5) is 9.15. The third kappa shape index (κ3) is 2.12. The minimum Gasteiger partial charge on any atom is -0.497 e. The first-order valence-electron chi connectivity index (χ1n) is 6.44. The Morgan fingerprint density at radius 1 is 1.30 bits per heavy atom. The highest BCUT2D eigenvalue weighted by molar-refractivity contribution is 5.75. The molecule has 0 spiro atoms. The lowest BCUT2D eigenvalue weighted by atomic mass is 10.1. The summed E-state index contributed by atoms with van der Waals surface area (Å²) < 4.78 is 7.28. The quantitative estimate of drug-likeness (QED) is 0.787. The zero-order valence-electron chi connectivity index (χ0n) is 11.5. The lowest BCUT2D eigenvalue weighted by Crippen LogP contribution is -2.08. The molecule has 102 valence electrons. The van der Waals surface area contributed by atoms with Crippen molar-refractivity contribution >= 4 is 5.65 Å². The highest BCUT2D eigenvalue weighted by Crippen LogP contribution is 2.26. The molecule has 0 aliphatic heterocycles. The van der Waals surface area contributed by atoms with Crippen LogP contribution in [0.3, 0.4) is 0 Å². The Kier molecular flexibility index (Phi) is 3.35. The maximum Gasteiger partial charge on any atom is 0.164 e. The maximum absolute atomic E-state index is 5.28. The lowest BCUT2D eigenvalue weighted by molar-refractivity contribution is 0.415. The monoisotopic (exact) mass is 268 g/mol.